The van der Waals surface area contributed by atoms with Crippen LogP contribution >= 0.6 is 0 Å². The molecule has 8 heteroatoms. The molecule has 1 heterocycles. The van der Waals surface area contributed by atoms with E-state index in [-0.39, 0.29) is 24.2 Å². The van der Waals surface area contributed by atoms with Gasteiger partial charge in [-0.2, -0.15) is 5.26 Å². The molecule has 1 aliphatic carbocycles. The van der Waals surface area contributed by atoms with Crippen molar-refractivity contribution in [2.75, 3.05) is 25.7 Å². The molecule has 0 radical (unpaired) electrons. The highest BCUT2D eigenvalue weighted by atomic mass is 16.5. The van der Waals surface area contributed by atoms with Gasteiger partial charge in [-0.3, -0.25) is 14.4 Å². The van der Waals surface area contributed by atoms with Crippen molar-refractivity contribution in [3.05, 3.63) is 53.6 Å². The summed E-state index contributed by atoms with van der Waals surface area (Å²) in [4.78, 5) is 42.9. The van der Waals surface area contributed by atoms with Crippen molar-refractivity contribution in [3.8, 4) is 17.6 Å². The van der Waals surface area contributed by atoms with E-state index in [1.54, 1.807) is 43.4 Å². The predicted molar refractivity (Wildman–Crippen MR) is 134 cm³/mol. The Morgan fingerprint density at radius 2 is 1.72 bits per heavy atom. The smallest absolute Gasteiger partial charge is 0.257 e. The zero-order valence-corrected chi connectivity index (χ0v) is 20.7. The maximum Gasteiger partial charge on any atom is 0.257 e. The van der Waals surface area contributed by atoms with Gasteiger partial charge in [-0.1, -0.05) is 25.3 Å². The molecule has 1 aliphatic heterocycles. The summed E-state index contributed by atoms with van der Waals surface area (Å²) >= 11 is 0. The second kappa shape index (κ2) is 11.3. The molecule has 1 saturated heterocycles. The van der Waals surface area contributed by atoms with E-state index in [9.17, 15) is 14.4 Å². The number of carbonyl (C=O) groups is 3. The summed E-state index contributed by atoms with van der Waals surface area (Å²) in [5, 5.41) is 9.06. The SMILES string of the molecule is COc1ccc(CCN(C(=O)C2CCCCC2)C2CC(=O)N(c3ccc(C#N)cc3)C2=O)cc1OC. The van der Waals surface area contributed by atoms with Crippen LogP contribution in [-0.2, 0) is 20.8 Å². The predicted octanol–water partition coefficient (Wildman–Crippen LogP) is 3.86. The van der Waals surface area contributed by atoms with Crippen molar-refractivity contribution in [1.82, 2.24) is 4.90 Å². The standard InChI is InChI=1S/C28H31N3O5/c1-35-24-13-10-19(16-25(24)36-2)14-15-30(27(33)21-6-4-3-5-7-21)23-17-26(32)31(28(23)34)22-11-8-20(18-29)9-12-22/h8-13,16,21,23H,3-7,14-15,17H2,1-2H3. The van der Waals surface area contributed by atoms with Crippen molar-refractivity contribution in [2.45, 2.75) is 51.0 Å². The maximum atomic E-state index is 13.7. The van der Waals surface area contributed by atoms with Crippen LogP contribution in [0.3, 0.4) is 0 Å². The first-order chi connectivity index (χ1) is 17.5. The molecule has 8 nitrogen and oxygen atoms in total. The summed E-state index contributed by atoms with van der Waals surface area (Å²) in [5.41, 5.74) is 1.80. The third-order valence-corrected chi connectivity index (χ3v) is 7.08. The van der Waals surface area contributed by atoms with E-state index < -0.39 is 11.9 Å². The van der Waals surface area contributed by atoms with E-state index in [1.165, 1.54) is 0 Å². The fourth-order valence-corrected chi connectivity index (χ4v) is 5.11. The van der Waals surface area contributed by atoms with Crippen LogP contribution in [0.1, 0.15) is 49.7 Å². The number of nitrogens with zero attached hydrogens (tertiary/aromatic N) is 3. The lowest BCUT2D eigenvalue weighted by Gasteiger charge is -2.32. The van der Waals surface area contributed by atoms with E-state index in [1.807, 2.05) is 24.3 Å². The number of benzene rings is 2. The number of hydrogen-bond acceptors (Lipinski definition) is 6. The highest BCUT2D eigenvalue weighted by Crippen LogP contribution is 2.32. The first-order valence-electron chi connectivity index (χ1n) is 12.3. The fourth-order valence-electron chi connectivity index (χ4n) is 5.11. The molecule has 3 amide bonds. The number of nitriles is 1. The number of ether oxygens (including phenoxy) is 2. The Morgan fingerprint density at radius 1 is 1.03 bits per heavy atom. The van der Waals surface area contributed by atoms with Crippen LogP contribution in [0.5, 0.6) is 11.5 Å². The first kappa shape index (κ1) is 25.2. The number of imide groups is 1. The Hall–Kier alpha value is -3.86. The molecule has 0 N–H and O–H groups in total. The van der Waals surface area contributed by atoms with Gasteiger partial charge in [0, 0.05) is 12.5 Å². The lowest BCUT2D eigenvalue weighted by molar-refractivity contribution is -0.142. The number of anilines is 1. The third kappa shape index (κ3) is 5.20. The minimum atomic E-state index is -0.845. The number of rotatable bonds is 8. The molecule has 1 saturated carbocycles. The highest BCUT2D eigenvalue weighted by molar-refractivity contribution is 6.23. The van der Waals surface area contributed by atoms with Crippen molar-refractivity contribution in [1.29, 1.82) is 5.26 Å². The molecular formula is C28H31N3O5. The largest absolute Gasteiger partial charge is 0.493 e. The number of carbonyl (C=O) groups excluding carboxylic acids is 3. The van der Waals surface area contributed by atoms with Crippen molar-refractivity contribution in [3.63, 3.8) is 0 Å². The maximum absolute atomic E-state index is 13.7. The van der Waals surface area contributed by atoms with Gasteiger partial charge in [0.25, 0.3) is 5.91 Å². The summed E-state index contributed by atoms with van der Waals surface area (Å²) in [6.45, 7) is 0.315. The summed E-state index contributed by atoms with van der Waals surface area (Å²) in [7, 11) is 3.14. The Balaban J connectivity index is 1.58. The molecule has 36 heavy (non-hydrogen) atoms. The van der Waals surface area contributed by atoms with E-state index in [4.69, 9.17) is 14.7 Å². The van der Waals surface area contributed by atoms with Gasteiger partial charge < -0.3 is 14.4 Å². The quantitative estimate of drug-likeness (QED) is 0.522. The Bertz CT molecular complexity index is 1160. The number of methoxy groups -OCH3 is 2. The molecule has 2 fully saturated rings. The van der Waals surface area contributed by atoms with Gasteiger partial charge in [0.2, 0.25) is 11.8 Å². The molecule has 1 atom stereocenters. The summed E-state index contributed by atoms with van der Waals surface area (Å²) in [6.07, 6.45) is 5.17. The average molecular weight is 490 g/mol. The lowest BCUT2D eigenvalue weighted by atomic mass is 9.87. The normalized spacial score (nSPS) is 18.1. The monoisotopic (exact) mass is 489 g/mol. The topological polar surface area (TPSA) is 99.9 Å². The van der Waals surface area contributed by atoms with E-state index >= 15 is 0 Å². The molecule has 4 rings (SSSR count). The summed E-state index contributed by atoms with van der Waals surface area (Å²) in [5.74, 6) is 0.285. The molecule has 2 aromatic carbocycles. The van der Waals surface area contributed by atoms with Crippen molar-refractivity contribution < 1.29 is 23.9 Å². The van der Waals surface area contributed by atoms with Crippen LogP contribution in [0.4, 0.5) is 5.69 Å². The van der Waals surface area contributed by atoms with Crippen LogP contribution < -0.4 is 14.4 Å². The van der Waals surface area contributed by atoms with Gasteiger partial charge in [0.05, 0.1) is 38.0 Å². The van der Waals surface area contributed by atoms with Crippen molar-refractivity contribution >= 4 is 23.4 Å². The van der Waals surface area contributed by atoms with Crippen molar-refractivity contribution in [2.24, 2.45) is 5.92 Å². The molecule has 1 unspecified atom stereocenters. The molecule has 188 valence electrons. The van der Waals surface area contributed by atoms with Gasteiger partial charge >= 0.3 is 0 Å². The van der Waals surface area contributed by atoms with E-state index in [0.29, 0.717) is 35.7 Å². The second-order valence-electron chi connectivity index (χ2n) is 9.25. The van der Waals surface area contributed by atoms with Gasteiger partial charge in [-0.25, -0.2) is 4.90 Å². The fraction of sp³-hybridized carbons (Fsp3) is 0.429. The minimum Gasteiger partial charge on any atom is -0.493 e. The average Bonchev–Trinajstić information content (AvgIpc) is 3.22. The minimum absolute atomic E-state index is 0.0524. The molecule has 0 bridgehead atoms. The zero-order valence-electron chi connectivity index (χ0n) is 20.7. The summed E-state index contributed by atoms with van der Waals surface area (Å²) < 4.78 is 10.7. The molecule has 0 aromatic heterocycles. The van der Waals surface area contributed by atoms with Crippen LogP contribution in [0.25, 0.3) is 0 Å². The lowest BCUT2D eigenvalue weighted by Crippen LogP contribution is -2.48. The first-order valence-corrected chi connectivity index (χ1v) is 12.3. The number of hydrogen-bond donors (Lipinski definition) is 0. The summed E-state index contributed by atoms with van der Waals surface area (Å²) in [6, 6.07) is 13.1. The zero-order chi connectivity index (χ0) is 25.7. The highest BCUT2D eigenvalue weighted by Gasteiger charge is 2.45. The van der Waals surface area contributed by atoms with Gasteiger partial charge in [-0.15, -0.1) is 0 Å². The van der Waals surface area contributed by atoms with Crippen LogP contribution in [-0.4, -0.2) is 49.4 Å². The second-order valence-corrected chi connectivity index (χ2v) is 9.25. The Morgan fingerprint density at radius 3 is 2.36 bits per heavy atom. The van der Waals surface area contributed by atoms with Crippen LogP contribution in [0.15, 0.2) is 42.5 Å². The third-order valence-electron chi connectivity index (χ3n) is 7.08. The van der Waals surface area contributed by atoms with Gasteiger partial charge in [0.1, 0.15) is 6.04 Å². The van der Waals surface area contributed by atoms with Gasteiger partial charge in [-0.05, 0) is 61.2 Å². The Labute approximate surface area is 211 Å². The van der Waals surface area contributed by atoms with Gasteiger partial charge in [0.15, 0.2) is 11.5 Å². The molecular weight excluding hydrogens is 458 g/mol. The number of amides is 3. The van der Waals surface area contributed by atoms with E-state index in [2.05, 4.69) is 0 Å². The van der Waals surface area contributed by atoms with Crippen LogP contribution in [0, 0.1) is 17.2 Å². The molecule has 2 aliphatic rings. The van der Waals surface area contributed by atoms with Crippen LogP contribution in [0.2, 0.25) is 0 Å². The molecule has 0 spiro atoms. The Kier molecular flexibility index (Phi) is 7.89. The molecule has 2 aromatic rings. The van der Waals surface area contributed by atoms with E-state index in [0.717, 1.165) is 42.6 Å².